The van der Waals surface area contributed by atoms with E-state index >= 15 is 0 Å². The number of hydrogen-bond acceptors (Lipinski definition) is 6. The number of aryl methyl sites for hydroxylation is 1. The van der Waals surface area contributed by atoms with E-state index in [0.29, 0.717) is 6.54 Å². The Labute approximate surface area is 117 Å². The second-order valence-corrected chi connectivity index (χ2v) is 6.04. The number of anilines is 1. The van der Waals surface area contributed by atoms with Crippen molar-refractivity contribution in [2.75, 3.05) is 5.32 Å². The van der Waals surface area contributed by atoms with Gasteiger partial charge >= 0.3 is 0 Å². The molecule has 0 aliphatic rings. The average Bonchev–Trinajstić information content (AvgIpc) is 2.93. The zero-order chi connectivity index (χ0) is 12.5. The predicted octanol–water partition coefficient (Wildman–Crippen LogP) is 3.72. The summed E-state index contributed by atoms with van der Waals surface area (Å²) in [7, 11) is 0. The van der Waals surface area contributed by atoms with E-state index in [1.54, 1.807) is 22.7 Å². The third-order valence-corrected chi connectivity index (χ3v) is 4.16. The Morgan fingerprint density at radius 2 is 2.28 bits per heavy atom. The number of aromatic nitrogens is 3. The third kappa shape index (κ3) is 2.31. The van der Waals surface area contributed by atoms with E-state index in [1.165, 1.54) is 4.88 Å². The highest BCUT2D eigenvalue weighted by molar-refractivity contribution is 7.18. The highest BCUT2D eigenvalue weighted by Gasteiger charge is 2.09. The summed E-state index contributed by atoms with van der Waals surface area (Å²) in [4.78, 5) is 14.8. The fraction of sp³-hybridized carbons (Fsp3) is 0.182. The van der Waals surface area contributed by atoms with Gasteiger partial charge in [0.2, 0.25) is 5.28 Å². The van der Waals surface area contributed by atoms with Gasteiger partial charge < -0.3 is 5.32 Å². The summed E-state index contributed by atoms with van der Waals surface area (Å²) >= 11 is 9.12. The van der Waals surface area contributed by atoms with Crippen LogP contribution in [0, 0.1) is 6.92 Å². The molecule has 3 rings (SSSR count). The maximum atomic E-state index is 5.92. The van der Waals surface area contributed by atoms with E-state index in [1.807, 2.05) is 17.8 Å². The molecule has 3 heterocycles. The Morgan fingerprint density at radius 1 is 1.39 bits per heavy atom. The van der Waals surface area contributed by atoms with Crippen molar-refractivity contribution in [3.05, 3.63) is 32.8 Å². The van der Waals surface area contributed by atoms with Gasteiger partial charge in [0.1, 0.15) is 10.6 Å². The van der Waals surface area contributed by atoms with Crippen molar-refractivity contribution in [3.63, 3.8) is 0 Å². The molecule has 0 bridgehead atoms. The van der Waals surface area contributed by atoms with Gasteiger partial charge in [-0.15, -0.1) is 22.7 Å². The van der Waals surface area contributed by atoms with Crippen molar-refractivity contribution in [1.82, 2.24) is 15.0 Å². The van der Waals surface area contributed by atoms with Gasteiger partial charge in [-0.2, -0.15) is 0 Å². The first-order valence-corrected chi connectivity index (χ1v) is 7.41. The summed E-state index contributed by atoms with van der Waals surface area (Å²) in [5, 5.41) is 6.55. The molecule has 0 fully saturated rings. The summed E-state index contributed by atoms with van der Waals surface area (Å²) in [5.41, 5.74) is 2.81. The molecule has 1 N–H and O–H groups in total. The number of thiazole rings is 1. The summed E-state index contributed by atoms with van der Waals surface area (Å²) in [6.45, 7) is 2.69. The van der Waals surface area contributed by atoms with Crippen molar-refractivity contribution in [2.24, 2.45) is 0 Å². The van der Waals surface area contributed by atoms with Gasteiger partial charge in [-0.3, -0.25) is 0 Å². The Bertz CT molecular complexity index is 678. The Kier molecular flexibility index (Phi) is 3.15. The molecule has 0 atom stereocenters. The molecular formula is C11H9ClN4S2. The third-order valence-electron chi connectivity index (χ3n) is 2.41. The molecule has 7 heteroatoms. The van der Waals surface area contributed by atoms with Gasteiger partial charge in [-0.25, -0.2) is 15.0 Å². The molecule has 0 aliphatic carbocycles. The monoisotopic (exact) mass is 296 g/mol. The normalized spacial score (nSPS) is 11.0. The molecule has 0 unspecified atom stereocenters. The first-order chi connectivity index (χ1) is 8.72. The van der Waals surface area contributed by atoms with Gasteiger partial charge in [0.05, 0.1) is 23.1 Å². The van der Waals surface area contributed by atoms with Crippen LogP contribution in [0.15, 0.2) is 17.0 Å². The number of nitrogens with one attached hydrogen (secondary N) is 1. The van der Waals surface area contributed by atoms with E-state index in [0.717, 1.165) is 21.7 Å². The number of thiophene rings is 1. The summed E-state index contributed by atoms with van der Waals surface area (Å²) in [5.74, 6) is 0.766. The van der Waals surface area contributed by atoms with Crippen LogP contribution in [0.3, 0.4) is 0 Å². The molecule has 3 aromatic rings. The second kappa shape index (κ2) is 4.79. The highest BCUT2D eigenvalue weighted by Crippen LogP contribution is 2.29. The SMILES string of the molecule is Cc1cc2c(NCc3cscn3)nc(Cl)nc2s1. The van der Waals surface area contributed by atoms with Crippen molar-refractivity contribution in [2.45, 2.75) is 13.5 Å². The molecule has 0 amide bonds. The molecule has 4 nitrogen and oxygen atoms in total. The lowest BCUT2D eigenvalue weighted by Gasteiger charge is -2.05. The van der Waals surface area contributed by atoms with Gasteiger partial charge in [0, 0.05) is 10.3 Å². The number of fused-ring (bicyclic) bond motifs is 1. The van der Waals surface area contributed by atoms with Gasteiger partial charge in [-0.05, 0) is 24.6 Å². The number of halogens is 1. The van der Waals surface area contributed by atoms with Crippen LogP contribution in [-0.4, -0.2) is 15.0 Å². The molecular weight excluding hydrogens is 288 g/mol. The zero-order valence-electron chi connectivity index (χ0n) is 9.48. The maximum absolute atomic E-state index is 5.92. The first kappa shape index (κ1) is 11.8. The van der Waals surface area contributed by atoms with Crippen LogP contribution >= 0.6 is 34.3 Å². The van der Waals surface area contributed by atoms with Crippen LogP contribution in [0.1, 0.15) is 10.6 Å². The second-order valence-electron chi connectivity index (χ2n) is 3.75. The molecule has 0 saturated heterocycles. The van der Waals surface area contributed by atoms with E-state index < -0.39 is 0 Å². The van der Waals surface area contributed by atoms with E-state index in [4.69, 9.17) is 11.6 Å². The summed E-state index contributed by atoms with van der Waals surface area (Å²) < 4.78 is 0. The maximum Gasteiger partial charge on any atom is 0.225 e. The van der Waals surface area contributed by atoms with Crippen LogP contribution in [0.4, 0.5) is 5.82 Å². The van der Waals surface area contributed by atoms with Crippen LogP contribution in [0.5, 0.6) is 0 Å². The van der Waals surface area contributed by atoms with E-state index in [9.17, 15) is 0 Å². The van der Waals surface area contributed by atoms with E-state index in [-0.39, 0.29) is 5.28 Å². The largest absolute Gasteiger partial charge is 0.364 e. The molecule has 92 valence electrons. The fourth-order valence-corrected chi connectivity index (χ4v) is 3.31. The molecule has 0 aliphatic heterocycles. The standard InChI is InChI=1S/C11H9ClN4S2/c1-6-2-8-9(13-3-7-4-17-5-14-7)15-11(12)16-10(8)18-6/h2,4-5H,3H2,1H3,(H,13,15,16). The minimum Gasteiger partial charge on any atom is -0.364 e. The highest BCUT2D eigenvalue weighted by atomic mass is 35.5. The minimum atomic E-state index is 0.269. The first-order valence-electron chi connectivity index (χ1n) is 5.27. The van der Waals surface area contributed by atoms with Crippen LogP contribution in [-0.2, 0) is 6.54 Å². The lowest BCUT2D eigenvalue weighted by molar-refractivity contribution is 1.05. The molecule has 18 heavy (non-hydrogen) atoms. The van der Waals surface area contributed by atoms with E-state index in [2.05, 4.69) is 26.3 Å². The number of nitrogens with zero attached hydrogens (tertiary/aromatic N) is 3. The van der Waals surface area contributed by atoms with Crippen molar-refractivity contribution in [1.29, 1.82) is 0 Å². The van der Waals surface area contributed by atoms with Crippen LogP contribution in [0.25, 0.3) is 10.2 Å². The molecule has 3 aromatic heterocycles. The van der Waals surface area contributed by atoms with Gasteiger partial charge in [0.25, 0.3) is 0 Å². The Hall–Kier alpha value is -1.24. The van der Waals surface area contributed by atoms with Crippen LogP contribution < -0.4 is 5.32 Å². The predicted molar refractivity (Wildman–Crippen MR) is 76.6 cm³/mol. The molecule has 0 spiro atoms. The van der Waals surface area contributed by atoms with Crippen molar-refractivity contribution in [3.8, 4) is 0 Å². The lowest BCUT2D eigenvalue weighted by Crippen LogP contribution is -2.02. The van der Waals surface area contributed by atoms with Crippen molar-refractivity contribution < 1.29 is 0 Å². The average molecular weight is 297 g/mol. The molecule has 0 radical (unpaired) electrons. The summed E-state index contributed by atoms with van der Waals surface area (Å²) in [6.07, 6.45) is 0. The quantitative estimate of drug-likeness (QED) is 0.748. The topological polar surface area (TPSA) is 50.7 Å². The molecule has 0 aromatic carbocycles. The van der Waals surface area contributed by atoms with Crippen LogP contribution in [0.2, 0.25) is 5.28 Å². The van der Waals surface area contributed by atoms with Crippen molar-refractivity contribution >= 4 is 50.3 Å². The zero-order valence-corrected chi connectivity index (χ0v) is 11.9. The van der Waals surface area contributed by atoms with Gasteiger partial charge in [-0.1, -0.05) is 0 Å². The smallest absolute Gasteiger partial charge is 0.225 e. The Balaban J connectivity index is 1.95. The number of rotatable bonds is 3. The molecule has 0 saturated carbocycles. The Morgan fingerprint density at radius 3 is 3.06 bits per heavy atom. The van der Waals surface area contributed by atoms with Gasteiger partial charge in [0.15, 0.2) is 0 Å². The summed E-state index contributed by atoms with van der Waals surface area (Å²) in [6, 6.07) is 2.07. The minimum absolute atomic E-state index is 0.269. The fourth-order valence-electron chi connectivity index (χ4n) is 1.65. The lowest BCUT2D eigenvalue weighted by atomic mass is 10.3. The number of hydrogen-bond donors (Lipinski definition) is 1.